The number of nitrogens with zero attached hydrogens (tertiary/aromatic N) is 1. The Balaban J connectivity index is 1.90. The van der Waals surface area contributed by atoms with Gasteiger partial charge in [-0.1, -0.05) is 66.2 Å². The number of carbonyl (C=O) groups excluding carboxylic acids is 1. The number of amides is 1. The van der Waals surface area contributed by atoms with Crippen LogP contribution in [0.25, 0.3) is 11.8 Å². The number of hydrogen-bond acceptors (Lipinski definition) is 1. The SMILES string of the molecule is Cc1ccc(N2C(=O)c3ccccc3C2=Cc2ccccc2)cc1. The van der Waals surface area contributed by atoms with Gasteiger partial charge in [0, 0.05) is 16.8 Å². The normalized spacial score (nSPS) is 15.0. The molecule has 0 N–H and O–H groups in total. The molecule has 1 amide bonds. The molecule has 0 radical (unpaired) electrons. The monoisotopic (exact) mass is 311 g/mol. The molecule has 3 aromatic carbocycles. The average molecular weight is 311 g/mol. The third kappa shape index (κ3) is 2.42. The highest BCUT2D eigenvalue weighted by atomic mass is 16.2. The van der Waals surface area contributed by atoms with E-state index in [0.717, 1.165) is 28.1 Å². The molecule has 3 aromatic rings. The van der Waals surface area contributed by atoms with Crippen LogP contribution >= 0.6 is 0 Å². The molecule has 0 saturated carbocycles. The Morgan fingerprint density at radius 2 is 1.38 bits per heavy atom. The largest absolute Gasteiger partial charge is 0.276 e. The molecule has 0 spiro atoms. The maximum Gasteiger partial charge on any atom is 0.263 e. The topological polar surface area (TPSA) is 20.3 Å². The van der Waals surface area contributed by atoms with Crippen LogP contribution in [0, 0.1) is 6.92 Å². The molecule has 0 saturated heterocycles. The predicted octanol–water partition coefficient (Wildman–Crippen LogP) is 5.15. The van der Waals surface area contributed by atoms with Gasteiger partial charge in [-0.15, -0.1) is 0 Å². The van der Waals surface area contributed by atoms with Gasteiger partial charge < -0.3 is 0 Å². The lowest BCUT2D eigenvalue weighted by Crippen LogP contribution is -2.22. The first kappa shape index (κ1) is 14.5. The molecule has 24 heavy (non-hydrogen) atoms. The summed E-state index contributed by atoms with van der Waals surface area (Å²) in [6, 6.07) is 26.0. The van der Waals surface area contributed by atoms with E-state index in [2.05, 4.69) is 6.08 Å². The highest BCUT2D eigenvalue weighted by molar-refractivity contribution is 6.24. The molecule has 2 nitrogen and oxygen atoms in total. The van der Waals surface area contributed by atoms with Crippen molar-refractivity contribution in [3.05, 3.63) is 101 Å². The smallest absolute Gasteiger partial charge is 0.263 e. The van der Waals surface area contributed by atoms with E-state index in [9.17, 15) is 4.79 Å². The standard InChI is InChI=1S/C22H17NO/c1-16-11-13-18(14-12-16)23-21(15-17-7-3-2-4-8-17)19-9-5-6-10-20(19)22(23)24/h2-15H,1H3. The van der Waals surface area contributed by atoms with Gasteiger partial charge >= 0.3 is 0 Å². The van der Waals surface area contributed by atoms with Crippen molar-refractivity contribution in [3.63, 3.8) is 0 Å². The zero-order valence-corrected chi connectivity index (χ0v) is 13.4. The van der Waals surface area contributed by atoms with Crippen LogP contribution in [0.2, 0.25) is 0 Å². The van der Waals surface area contributed by atoms with Gasteiger partial charge in [0.1, 0.15) is 0 Å². The Morgan fingerprint density at radius 3 is 2.08 bits per heavy atom. The van der Waals surface area contributed by atoms with E-state index in [1.54, 1.807) is 4.90 Å². The van der Waals surface area contributed by atoms with Gasteiger partial charge in [-0.3, -0.25) is 9.69 Å². The van der Waals surface area contributed by atoms with E-state index >= 15 is 0 Å². The molecule has 1 aliphatic heterocycles. The second kappa shape index (κ2) is 5.82. The lowest BCUT2D eigenvalue weighted by atomic mass is 10.1. The number of carbonyl (C=O) groups is 1. The minimum absolute atomic E-state index is 0.0247. The van der Waals surface area contributed by atoms with Crippen molar-refractivity contribution in [1.82, 2.24) is 0 Å². The Hall–Kier alpha value is -3.13. The van der Waals surface area contributed by atoms with Crippen molar-refractivity contribution >= 4 is 23.4 Å². The first-order valence-corrected chi connectivity index (χ1v) is 8.01. The molecule has 116 valence electrons. The van der Waals surface area contributed by atoms with Gasteiger partial charge in [-0.2, -0.15) is 0 Å². The summed E-state index contributed by atoms with van der Waals surface area (Å²) in [6.45, 7) is 2.05. The zero-order chi connectivity index (χ0) is 16.5. The van der Waals surface area contributed by atoms with Crippen molar-refractivity contribution in [1.29, 1.82) is 0 Å². The Morgan fingerprint density at radius 1 is 0.750 bits per heavy atom. The summed E-state index contributed by atoms with van der Waals surface area (Å²) in [4.78, 5) is 14.8. The number of rotatable bonds is 2. The van der Waals surface area contributed by atoms with Gasteiger partial charge in [0.25, 0.3) is 5.91 Å². The molecular weight excluding hydrogens is 294 g/mol. The number of hydrogen-bond donors (Lipinski definition) is 0. The lowest BCUT2D eigenvalue weighted by molar-refractivity contribution is 0.101. The number of benzene rings is 3. The third-order valence-electron chi connectivity index (χ3n) is 4.27. The van der Waals surface area contributed by atoms with Crippen LogP contribution in [0.4, 0.5) is 5.69 Å². The Labute approximate surface area is 141 Å². The van der Waals surface area contributed by atoms with E-state index in [1.807, 2.05) is 85.8 Å². The van der Waals surface area contributed by atoms with Gasteiger partial charge in [-0.05, 0) is 36.8 Å². The first-order valence-electron chi connectivity index (χ1n) is 8.01. The van der Waals surface area contributed by atoms with Gasteiger partial charge in [0.15, 0.2) is 0 Å². The summed E-state index contributed by atoms with van der Waals surface area (Å²) >= 11 is 0. The van der Waals surface area contributed by atoms with E-state index < -0.39 is 0 Å². The molecular formula is C22H17NO. The summed E-state index contributed by atoms with van der Waals surface area (Å²) in [6.07, 6.45) is 2.07. The molecule has 0 atom stereocenters. The van der Waals surface area contributed by atoms with Crippen molar-refractivity contribution in [2.45, 2.75) is 6.92 Å². The highest BCUT2D eigenvalue weighted by Crippen LogP contribution is 2.37. The van der Waals surface area contributed by atoms with E-state index in [0.29, 0.717) is 0 Å². The quantitative estimate of drug-likeness (QED) is 0.640. The van der Waals surface area contributed by atoms with E-state index in [1.165, 1.54) is 5.56 Å². The fourth-order valence-corrected chi connectivity index (χ4v) is 3.04. The van der Waals surface area contributed by atoms with Crippen molar-refractivity contribution in [2.24, 2.45) is 0 Å². The number of aryl methyl sites for hydroxylation is 1. The number of anilines is 1. The Kier molecular flexibility index (Phi) is 3.51. The minimum atomic E-state index is 0.0247. The van der Waals surface area contributed by atoms with Gasteiger partial charge in [-0.25, -0.2) is 0 Å². The van der Waals surface area contributed by atoms with Crippen molar-refractivity contribution < 1.29 is 4.79 Å². The second-order valence-corrected chi connectivity index (χ2v) is 5.96. The van der Waals surface area contributed by atoms with E-state index in [4.69, 9.17) is 0 Å². The summed E-state index contributed by atoms with van der Waals surface area (Å²) < 4.78 is 0. The van der Waals surface area contributed by atoms with Crippen LogP contribution in [0.3, 0.4) is 0 Å². The predicted molar refractivity (Wildman–Crippen MR) is 98.7 cm³/mol. The summed E-state index contributed by atoms with van der Waals surface area (Å²) in [5, 5.41) is 0. The fraction of sp³-hybridized carbons (Fsp3) is 0.0455. The van der Waals surface area contributed by atoms with Crippen molar-refractivity contribution in [3.8, 4) is 0 Å². The summed E-state index contributed by atoms with van der Waals surface area (Å²) in [7, 11) is 0. The van der Waals surface area contributed by atoms with Gasteiger partial charge in [0.05, 0.1) is 5.70 Å². The molecule has 0 fully saturated rings. The zero-order valence-electron chi connectivity index (χ0n) is 13.4. The lowest BCUT2D eigenvalue weighted by Gasteiger charge is -2.19. The molecule has 0 bridgehead atoms. The third-order valence-corrected chi connectivity index (χ3v) is 4.27. The highest BCUT2D eigenvalue weighted by Gasteiger charge is 2.32. The van der Waals surface area contributed by atoms with Crippen LogP contribution in [0.15, 0.2) is 78.9 Å². The molecule has 0 unspecified atom stereocenters. The molecule has 0 aliphatic carbocycles. The fourth-order valence-electron chi connectivity index (χ4n) is 3.04. The van der Waals surface area contributed by atoms with Crippen LogP contribution in [-0.4, -0.2) is 5.91 Å². The van der Waals surface area contributed by atoms with Crippen LogP contribution in [-0.2, 0) is 0 Å². The van der Waals surface area contributed by atoms with E-state index in [-0.39, 0.29) is 5.91 Å². The van der Waals surface area contributed by atoms with Crippen LogP contribution in [0.1, 0.15) is 27.0 Å². The maximum atomic E-state index is 13.0. The summed E-state index contributed by atoms with van der Waals surface area (Å²) in [5.74, 6) is 0.0247. The molecule has 1 aliphatic rings. The first-order chi connectivity index (χ1) is 11.7. The molecule has 2 heteroatoms. The minimum Gasteiger partial charge on any atom is -0.276 e. The maximum absolute atomic E-state index is 13.0. The second-order valence-electron chi connectivity index (χ2n) is 5.96. The van der Waals surface area contributed by atoms with Gasteiger partial charge in [0.2, 0.25) is 0 Å². The van der Waals surface area contributed by atoms with Crippen LogP contribution < -0.4 is 4.90 Å². The van der Waals surface area contributed by atoms with Crippen LogP contribution in [0.5, 0.6) is 0 Å². The number of fused-ring (bicyclic) bond motifs is 1. The summed E-state index contributed by atoms with van der Waals surface area (Å²) in [5.41, 5.74) is 5.80. The van der Waals surface area contributed by atoms with Crippen molar-refractivity contribution in [2.75, 3.05) is 4.90 Å². The molecule has 1 heterocycles. The molecule has 4 rings (SSSR count). The average Bonchev–Trinajstić information content (AvgIpc) is 2.89. The Bertz CT molecular complexity index is 924. The molecule has 0 aromatic heterocycles.